The van der Waals surface area contributed by atoms with Gasteiger partial charge in [0.15, 0.2) is 0 Å². The van der Waals surface area contributed by atoms with Gasteiger partial charge in [-0.3, -0.25) is 4.89 Å². The van der Waals surface area contributed by atoms with Crippen LogP contribution in [0.3, 0.4) is 0 Å². The average molecular weight is 268 g/mol. The van der Waals surface area contributed by atoms with Crippen LogP contribution in [0.25, 0.3) is 0 Å². The Kier molecular flexibility index (Phi) is 5.70. The Morgan fingerprint density at radius 2 is 1.63 bits per heavy atom. The maximum Gasteiger partial charge on any atom is 0.372 e. The Morgan fingerprint density at radius 3 is 2.21 bits per heavy atom. The Morgan fingerprint density at radius 1 is 1.05 bits per heavy atom. The van der Waals surface area contributed by atoms with Gasteiger partial charge >= 0.3 is 5.97 Å². The second-order valence-electron chi connectivity index (χ2n) is 5.41. The van der Waals surface area contributed by atoms with Crippen LogP contribution in [0.15, 0.2) is 11.8 Å². The average Bonchev–Trinajstić information content (AvgIpc) is 3.10. The zero-order valence-corrected chi connectivity index (χ0v) is 11.7. The third kappa shape index (κ3) is 4.53. The van der Waals surface area contributed by atoms with Crippen molar-refractivity contribution in [2.24, 2.45) is 0 Å². The molecular weight excluding hydrogens is 244 g/mol. The van der Waals surface area contributed by atoms with E-state index in [1.807, 2.05) is 6.92 Å². The van der Waals surface area contributed by atoms with Gasteiger partial charge in [0.2, 0.25) is 0 Å². The van der Waals surface area contributed by atoms with Gasteiger partial charge in [-0.15, -0.1) is 0 Å². The van der Waals surface area contributed by atoms with Crippen LogP contribution >= 0.6 is 0 Å². The molecule has 0 heterocycles. The summed E-state index contributed by atoms with van der Waals surface area (Å²) in [6, 6.07) is 0. The zero-order chi connectivity index (χ0) is 13.5. The summed E-state index contributed by atoms with van der Waals surface area (Å²) in [5.74, 6) is -0.410. The third-order valence-electron chi connectivity index (χ3n) is 3.91. The molecule has 4 nitrogen and oxygen atoms in total. The largest absolute Gasteiger partial charge is 0.497 e. The maximum atomic E-state index is 11.8. The van der Waals surface area contributed by atoms with Crippen LogP contribution in [0, 0.1) is 0 Å². The highest BCUT2D eigenvalue weighted by Crippen LogP contribution is 2.23. The molecular formula is C15H24O4. The van der Waals surface area contributed by atoms with Gasteiger partial charge in [-0.25, -0.2) is 4.79 Å². The summed E-state index contributed by atoms with van der Waals surface area (Å²) in [5.41, 5.74) is 0.546. The summed E-state index contributed by atoms with van der Waals surface area (Å²) in [5, 5.41) is 0. The molecule has 0 aliphatic heterocycles. The normalized spacial score (nSPS) is 21.8. The van der Waals surface area contributed by atoms with E-state index in [2.05, 4.69) is 0 Å². The predicted molar refractivity (Wildman–Crippen MR) is 71.1 cm³/mol. The van der Waals surface area contributed by atoms with E-state index in [1.54, 1.807) is 6.26 Å². The smallest absolute Gasteiger partial charge is 0.372 e. The summed E-state index contributed by atoms with van der Waals surface area (Å²) < 4.78 is 5.63. The monoisotopic (exact) mass is 268 g/mol. The minimum atomic E-state index is -0.410. The number of carbonyl (C=O) groups excluding carboxylic acids is 1. The number of hydrogen-bond donors (Lipinski definition) is 0. The summed E-state index contributed by atoms with van der Waals surface area (Å²) in [6.07, 6.45) is 11.4. The zero-order valence-electron chi connectivity index (χ0n) is 11.7. The van der Waals surface area contributed by atoms with Crippen molar-refractivity contribution in [2.75, 3.05) is 0 Å². The first-order valence-electron chi connectivity index (χ1n) is 7.51. The molecule has 0 aromatic rings. The summed E-state index contributed by atoms with van der Waals surface area (Å²) in [6.45, 7) is 1.92. The van der Waals surface area contributed by atoms with Crippen molar-refractivity contribution in [2.45, 2.75) is 76.9 Å². The van der Waals surface area contributed by atoms with Gasteiger partial charge in [0.05, 0.1) is 17.9 Å². The van der Waals surface area contributed by atoms with Crippen molar-refractivity contribution < 1.29 is 19.3 Å². The number of rotatable bonds is 6. The van der Waals surface area contributed by atoms with Crippen LogP contribution in [0.4, 0.5) is 0 Å². The number of hydrogen-bond acceptors (Lipinski definition) is 4. The van der Waals surface area contributed by atoms with Gasteiger partial charge in [-0.1, -0.05) is 19.8 Å². The number of ether oxygens (including phenoxy) is 1. The molecule has 0 saturated heterocycles. The molecule has 0 radical (unpaired) electrons. The Hall–Kier alpha value is -1.03. The molecule has 0 N–H and O–H groups in total. The lowest BCUT2D eigenvalue weighted by Gasteiger charge is -2.12. The first-order chi connectivity index (χ1) is 9.29. The first-order valence-corrected chi connectivity index (χ1v) is 7.51. The van der Waals surface area contributed by atoms with Gasteiger partial charge < -0.3 is 4.74 Å². The van der Waals surface area contributed by atoms with Crippen molar-refractivity contribution in [1.29, 1.82) is 0 Å². The summed E-state index contributed by atoms with van der Waals surface area (Å²) in [4.78, 5) is 21.9. The fraction of sp³-hybridized carbons (Fsp3) is 0.800. The molecule has 2 aliphatic carbocycles. The lowest BCUT2D eigenvalue weighted by molar-refractivity contribution is -0.293. The van der Waals surface area contributed by atoms with E-state index in [9.17, 15) is 4.79 Å². The van der Waals surface area contributed by atoms with Gasteiger partial charge in [-0.05, 0) is 44.9 Å². The molecule has 0 aromatic heterocycles. The second kappa shape index (κ2) is 7.53. The van der Waals surface area contributed by atoms with Crippen LogP contribution in [-0.4, -0.2) is 18.2 Å². The molecule has 19 heavy (non-hydrogen) atoms. The Balaban J connectivity index is 1.74. The molecule has 0 spiro atoms. The molecule has 4 heteroatoms. The van der Waals surface area contributed by atoms with Crippen molar-refractivity contribution in [3.8, 4) is 0 Å². The number of carbonyl (C=O) groups is 1. The van der Waals surface area contributed by atoms with Crippen molar-refractivity contribution in [1.82, 2.24) is 0 Å². The van der Waals surface area contributed by atoms with Gasteiger partial charge in [0.25, 0.3) is 0 Å². The predicted octanol–water partition coefficient (Wildman–Crippen LogP) is 3.66. The highest BCUT2D eigenvalue weighted by atomic mass is 17.2. The van der Waals surface area contributed by atoms with Gasteiger partial charge in [0, 0.05) is 0 Å². The quantitative estimate of drug-likeness (QED) is 0.319. The molecule has 2 aliphatic rings. The van der Waals surface area contributed by atoms with E-state index < -0.39 is 5.97 Å². The highest BCUT2D eigenvalue weighted by molar-refractivity contribution is 5.87. The van der Waals surface area contributed by atoms with E-state index in [1.165, 1.54) is 12.8 Å². The maximum absolute atomic E-state index is 11.8. The van der Waals surface area contributed by atoms with Gasteiger partial charge in [-0.2, -0.15) is 4.89 Å². The van der Waals surface area contributed by atoms with Crippen molar-refractivity contribution in [3.05, 3.63) is 11.8 Å². The van der Waals surface area contributed by atoms with E-state index in [0.29, 0.717) is 12.0 Å². The molecule has 0 unspecified atom stereocenters. The SMILES string of the molecule is CCC(=COC1CCCC1)C(=O)OOC1CCCC1. The van der Waals surface area contributed by atoms with Crippen molar-refractivity contribution >= 4 is 5.97 Å². The highest BCUT2D eigenvalue weighted by Gasteiger charge is 2.20. The van der Waals surface area contributed by atoms with Crippen LogP contribution in [-0.2, 0) is 19.3 Å². The molecule has 2 rings (SSSR count). The minimum absolute atomic E-state index is 0.0813. The minimum Gasteiger partial charge on any atom is -0.497 e. The van der Waals surface area contributed by atoms with Crippen LogP contribution in [0.5, 0.6) is 0 Å². The molecule has 0 amide bonds. The summed E-state index contributed by atoms with van der Waals surface area (Å²) >= 11 is 0. The van der Waals surface area contributed by atoms with Crippen molar-refractivity contribution in [3.63, 3.8) is 0 Å². The Labute approximate surface area is 115 Å². The lowest BCUT2D eigenvalue weighted by atomic mass is 10.2. The molecule has 0 atom stereocenters. The molecule has 0 aromatic carbocycles. The van der Waals surface area contributed by atoms with Crippen LogP contribution in [0.1, 0.15) is 64.7 Å². The van der Waals surface area contributed by atoms with E-state index >= 15 is 0 Å². The summed E-state index contributed by atoms with van der Waals surface area (Å²) in [7, 11) is 0. The topological polar surface area (TPSA) is 44.8 Å². The molecule has 2 saturated carbocycles. The van der Waals surface area contributed by atoms with E-state index in [4.69, 9.17) is 14.5 Å². The third-order valence-corrected chi connectivity index (χ3v) is 3.91. The molecule has 2 fully saturated rings. The van der Waals surface area contributed by atoms with Crippen LogP contribution in [0.2, 0.25) is 0 Å². The van der Waals surface area contributed by atoms with Crippen LogP contribution < -0.4 is 0 Å². The van der Waals surface area contributed by atoms with E-state index in [-0.39, 0.29) is 12.2 Å². The fourth-order valence-electron chi connectivity index (χ4n) is 2.63. The lowest BCUT2D eigenvalue weighted by Crippen LogP contribution is -2.15. The molecule has 0 bridgehead atoms. The molecule has 108 valence electrons. The Bertz CT molecular complexity index is 312. The first kappa shape index (κ1) is 14.4. The fourth-order valence-corrected chi connectivity index (χ4v) is 2.63. The van der Waals surface area contributed by atoms with Gasteiger partial charge in [0.1, 0.15) is 6.10 Å². The second-order valence-corrected chi connectivity index (χ2v) is 5.41. The van der Waals surface area contributed by atoms with E-state index in [0.717, 1.165) is 38.5 Å². The standard InChI is InChI=1S/C15H24O4/c1-2-12(11-17-13-7-3-4-8-13)15(16)19-18-14-9-5-6-10-14/h11,13-14H,2-10H2,1H3.